The van der Waals surface area contributed by atoms with Gasteiger partial charge in [0.05, 0.1) is 12.0 Å². The van der Waals surface area contributed by atoms with Crippen molar-refractivity contribution in [3.8, 4) is 0 Å². The van der Waals surface area contributed by atoms with Gasteiger partial charge >= 0.3 is 5.97 Å². The minimum Gasteiger partial charge on any atom is -0.467 e. The first kappa shape index (κ1) is 15.6. The van der Waals surface area contributed by atoms with Crippen molar-refractivity contribution in [3.63, 3.8) is 0 Å². The highest BCUT2D eigenvalue weighted by Crippen LogP contribution is 2.33. The first-order chi connectivity index (χ1) is 9.93. The number of esters is 1. The molecule has 110 valence electrons. The molecular formula is C14H12ClNO4S. The molecule has 1 heterocycles. The van der Waals surface area contributed by atoms with Crippen molar-refractivity contribution < 1.29 is 19.1 Å². The molecule has 1 aliphatic rings. The molecule has 0 aromatic heterocycles. The van der Waals surface area contributed by atoms with E-state index in [1.807, 2.05) is 0 Å². The van der Waals surface area contributed by atoms with Gasteiger partial charge < -0.3 is 4.74 Å². The smallest absolute Gasteiger partial charge is 0.328 e. The van der Waals surface area contributed by atoms with Crippen molar-refractivity contribution in [2.75, 3.05) is 7.11 Å². The second-order valence-electron chi connectivity index (χ2n) is 4.30. The molecule has 7 heteroatoms. The predicted molar refractivity (Wildman–Crippen MR) is 80.7 cm³/mol. The number of carbonyl (C=O) groups is 3. The van der Waals surface area contributed by atoms with Crippen LogP contribution in [-0.4, -0.2) is 35.2 Å². The molecule has 1 atom stereocenters. The van der Waals surface area contributed by atoms with Gasteiger partial charge in [0, 0.05) is 5.02 Å². The summed E-state index contributed by atoms with van der Waals surface area (Å²) in [6.45, 7) is 1.45. The van der Waals surface area contributed by atoms with Crippen LogP contribution in [0.15, 0.2) is 29.2 Å². The number of imide groups is 1. The molecule has 0 bridgehead atoms. The Hall–Kier alpha value is -1.79. The fourth-order valence-corrected chi connectivity index (χ4v) is 2.83. The lowest BCUT2D eigenvalue weighted by Crippen LogP contribution is -2.42. The van der Waals surface area contributed by atoms with E-state index in [9.17, 15) is 14.4 Å². The zero-order chi connectivity index (χ0) is 15.6. The summed E-state index contributed by atoms with van der Waals surface area (Å²) in [5.74, 6) is -1.14. The fraction of sp³-hybridized carbons (Fsp3) is 0.214. The van der Waals surface area contributed by atoms with Gasteiger partial charge in [-0.3, -0.25) is 14.5 Å². The number of nitrogens with zero attached hydrogens (tertiary/aromatic N) is 1. The van der Waals surface area contributed by atoms with Crippen LogP contribution in [0, 0.1) is 0 Å². The summed E-state index contributed by atoms with van der Waals surface area (Å²) < 4.78 is 4.56. The number of methoxy groups -OCH3 is 1. The highest BCUT2D eigenvalue weighted by Gasteiger charge is 2.41. The Morgan fingerprint density at radius 3 is 2.52 bits per heavy atom. The quantitative estimate of drug-likeness (QED) is 0.631. The maximum atomic E-state index is 12.2. The Morgan fingerprint density at radius 1 is 1.33 bits per heavy atom. The number of hydrogen-bond acceptors (Lipinski definition) is 5. The summed E-state index contributed by atoms with van der Waals surface area (Å²) >= 11 is 6.58. The molecule has 1 saturated heterocycles. The zero-order valence-corrected chi connectivity index (χ0v) is 12.9. The van der Waals surface area contributed by atoms with E-state index in [-0.39, 0.29) is 4.91 Å². The summed E-state index contributed by atoms with van der Waals surface area (Å²) in [5, 5.41) is 0.0951. The lowest BCUT2D eigenvalue weighted by Gasteiger charge is -2.18. The van der Waals surface area contributed by atoms with Crippen LogP contribution in [0.25, 0.3) is 6.08 Å². The van der Waals surface area contributed by atoms with Crippen molar-refractivity contribution in [2.24, 2.45) is 0 Å². The minimum atomic E-state index is -0.946. The van der Waals surface area contributed by atoms with Gasteiger partial charge in [0.1, 0.15) is 6.04 Å². The van der Waals surface area contributed by atoms with E-state index in [0.717, 1.165) is 22.2 Å². The first-order valence-electron chi connectivity index (χ1n) is 6.04. The standard InChI is InChI=1S/C14H12ClNO4S/c1-8(13(18)20-2)16-12(17)11(21-14(16)19)7-9-3-5-10(15)6-4-9/h3-8H,1-2H3/b11-7+/t8-/m1/s1. The average Bonchev–Trinajstić information content (AvgIpc) is 2.74. The minimum absolute atomic E-state index is 0.262. The first-order valence-corrected chi connectivity index (χ1v) is 7.24. The highest BCUT2D eigenvalue weighted by atomic mass is 35.5. The molecule has 1 fully saturated rings. The molecular weight excluding hydrogens is 314 g/mol. The number of benzene rings is 1. The number of halogens is 1. The third kappa shape index (κ3) is 3.28. The van der Waals surface area contributed by atoms with Crippen LogP contribution in [0.1, 0.15) is 12.5 Å². The van der Waals surface area contributed by atoms with E-state index < -0.39 is 23.2 Å². The molecule has 2 amide bonds. The van der Waals surface area contributed by atoms with Crippen LogP contribution in [0.4, 0.5) is 4.79 Å². The maximum absolute atomic E-state index is 12.2. The SMILES string of the molecule is COC(=O)[C@@H](C)N1C(=O)S/C(=C/c2ccc(Cl)cc2)C1=O. The van der Waals surface area contributed by atoms with Crippen molar-refractivity contribution in [2.45, 2.75) is 13.0 Å². The van der Waals surface area contributed by atoms with Crippen molar-refractivity contribution in [1.82, 2.24) is 4.90 Å². The summed E-state index contributed by atoms with van der Waals surface area (Å²) in [6, 6.07) is 5.90. The normalized spacial score (nSPS) is 18.2. The van der Waals surface area contributed by atoms with Gasteiger partial charge in [-0.2, -0.15) is 0 Å². The van der Waals surface area contributed by atoms with E-state index in [0.29, 0.717) is 5.02 Å². The van der Waals surface area contributed by atoms with Gasteiger partial charge in [0.15, 0.2) is 0 Å². The zero-order valence-electron chi connectivity index (χ0n) is 11.3. The number of amides is 2. The molecule has 0 saturated carbocycles. The lowest BCUT2D eigenvalue weighted by atomic mass is 10.2. The van der Waals surface area contributed by atoms with Gasteiger partial charge in [-0.25, -0.2) is 4.79 Å². The Balaban J connectivity index is 2.25. The van der Waals surface area contributed by atoms with E-state index in [1.54, 1.807) is 30.3 Å². The molecule has 1 aromatic carbocycles. The molecule has 2 rings (SSSR count). The molecule has 0 unspecified atom stereocenters. The fourth-order valence-electron chi connectivity index (χ4n) is 1.80. The van der Waals surface area contributed by atoms with Gasteiger partial charge in [-0.15, -0.1) is 0 Å². The number of rotatable bonds is 3. The van der Waals surface area contributed by atoms with E-state index in [2.05, 4.69) is 4.74 Å². The van der Waals surface area contributed by atoms with Crippen LogP contribution in [0.5, 0.6) is 0 Å². The largest absolute Gasteiger partial charge is 0.467 e. The van der Waals surface area contributed by atoms with E-state index in [1.165, 1.54) is 14.0 Å². The molecule has 21 heavy (non-hydrogen) atoms. The topological polar surface area (TPSA) is 63.7 Å². The number of hydrogen-bond donors (Lipinski definition) is 0. The molecule has 0 aliphatic carbocycles. The van der Waals surface area contributed by atoms with Gasteiger partial charge in [0.25, 0.3) is 11.1 Å². The lowest BCUT2D eigenvalue weighted by molar-refractivity contribution is -0.148. The Labute approximate surface area is 130 Å². The van der Waals surface area contributed by atoms with Crippen LogP contribution < -0.4 is 0 Å². The Bertz CT molecular complexity index is 626. The van der Waals surface area contributed by atoms with Crippen LogP contribution >= 0.6 is 23.4 Å². The van der Waals surface area contributed by atoms with Gasteiger partial charge in [-0.1, -0.05) is 23.7 Å². The third-order valence-corrected chi connectivity index (χ3v) is 4.06. The third-order valence-electron chi connectivity index (χ3n) is 2.92. The number of carbonyl (C=O) groups excluding carboxylic acids is 3. The number of thioether (sulfide) groups is 1. The van der Waals surface area contributed by atoms with Crippen molar-refractivity contribution >= 4 is 46.6 Å². The van der Waals surface area contributed by atoms with E-state index >= 15 is 0 Å². The van der Waals surface area contributed by atoms with Gasteiger partial charge in [0.2, 0.25) is 0 Å². The van der Waals surface area contributed by atoms with Crippen molar-refractivity contribution in [3.05, 3.63) is 39.8 Å². The Kier molecular flexibility index (Phi) is 4.69. The molecule has 5 nitrogen and oxygen atoms in total. The maximum Gasteiger partial charge on any atom is 0.328 e. The summed E-state index contributed by atoms with van der Waals surface area (Å²) in [7, 11) is 1.21. The Morgan fingerprint density at radius 2 is 1.95 bits per heavy atom. The summed E-state index contributed by atoms with van der Waals surface area (Å²) in [5.41, 5.74) is 0.746. The van der Waals surface area contributed by atoms with Crippen LogP contribution in [0.3, 0.4) is 0 Å². The molecule has 1 aromatic rings. The molecule has 0 radical (unpaired) electrons. The monoisotopic (exact) mass is 325 g/mol. The van der Waals surface area contributed by atoms with Gasteiger partial charge in [-0.05, 0) is 42.5 Å². The predicted octanol–water partition coefficient (Wildman–Crippen LogP) is 2.94. The second-order valence-corrected chi connectivity index (χ2v) is 5.73. The number of ether oxygens (including phenoxy) is 1. The summed E-state index contributed by atoms with van der Waals surface area (Å²) in [6.07, 6.45) is 1.59. The van der Waals surface area contributed by atoms with Crippen molar-refractivity contribution in [1.29, 1.82) is 0 Å². The van der Waals surface area contributed by atoms with Crippen LogP contribution in [-0.2, 0) is 14.3 Å². The average molecular weight is 326 g/mol. The van der Waals surface area contributed by atoms with E-state index in [4.69, 9.17) is 11.6 Å². The molecule has 1 aliphatic heterocycles. The molecule has 0 spiro atoms. The van der Waals surface area contributed by atoms with Crippen LogP contribution in [0.2, 0.25) is 5.02 Å². The summed E-state index contributed by atoms with van der Waals surface area (Å²) in [4.78, 5) is 36.8. The molecule has 0 N–H and O–H groups in total. The second kappa shape index (κ2) is 6.32. The highest BCUT2D eigenvalue weighted by molar-refractivity contribution is 8.18.